The normalized spacial score (nSPS) is 19.1. The molecule has 0 fully saturated rings. The molecule has 1 aromatic rings. The van der Waals surface area contributed by atoms with Crippen LogP contribution in [0.25, 0.3) is 0 Å². The van der Waals surface area contributed by atoms with Crippen LogP contribution in [0, 0.1) is 12.3 Å². The summed E-state index contributed by atoms with van der Waals surface area (Å²) in [6.07, 6.45) is 11.4. The molecule has 2 N–H and O–H groups in total. The third-order valence-electron chi connectivity index (χ3n) is 2.41. The second-order valence-electron chi connectivity index (χ2n) is 3.26. The first-order valence-corrected chi connectivity index (χ1v) is 4.52. The minimum atomic E-state index is 0.168. The van der Waals surface area contributed by atoms with Crippen molar-refractivity contribution in [3.8, 4) is 12.3 Å². The van der Waals surface area contributed by atoms with Crippen LogP contribution in [0.2, 0.25) is 0 Å². The van der Waals surface area contributed by atoms with E-state index in [1.165, 1.54) is 0 Å². The van der Waals surface area contributed by atoms with Crippen LogP contribution in [-0.4, -0.2) is 0 Å². The number of benzene rings is 1. The Hall–Kier alpha value is -1.94. The fourth-order valence-corrected chi connectivity index (χ4v) is 1.68. The molecule has 1 aromatic carbocycles. The molecule has 0 amide bonds. The van der Waals surface area contributed by atoms with Crippen LogP contribution in [0.15, 0.2) is 48.1 Å². The van der Waals surface area contributed by atoms with Gasteiger partial charge >= 0.3 is 0 Å². The van der Waals surface area contributed by atoms with Crippen molar-refractivity contribution in [2.24, 2.45) is 0 Å². The summed E-state index contributed by atoms with van der Waals surface area (Å²) in [7, 11) is 0. The molecule has 0 radical (unpaired) electrons. The van der Waals surface area contributed by atoms with Crippen molar-refractivity contribution in [2.75, 3.05) is 5.73 Å². The van der Waals surface area contributed by atoms with Crippen LogP contribution >= 0.6 is 0 Å². The zero-order chi connectivity index (χ0) is 9.97. The second kappa shape index (κ2) is 3.43. The summed E-state index contributed by atoms with van der Waals surface area (Å²) in [6, 6.07) is 7.82. The molecule has 2 rings (SSSR count). The fraction of sp³-hybridized carbons (Fsp3) is 0.0769. The largest absolute Gasteiger partial charge is 0.398 e. The van der Waals surface area contributed by atoms with Gasteiger partial charge in [0.2, 0.25) is 0 Å². The predicted octanol–water partition coefficient (Wildman–Crippen LogP) is 2.48. The van der Waals surface area contributed by atoms with E-state index < -0.39 is 0 Å². The number of anilines is 1. The summed E-state index contributed by atoms with van der Waals surface area (Å²) in [5, 5.41) is 0. The van der Waals surface area contributed by atoms with E-state index in [1.54, 1.807) is 0 Å². The highest BCUT2D eigenvalue weighted by Crippen LogP contribution is 2.32. The van der Waals surface area contributed by atoms with Crippen molar-refractivity contribution < 1.29 is 0 Å². The Bertz CT molecular complexity index is 447. The molecule has 1 heteroatoms. The van der Waals surface area contributed by atoms with Gasteiger partial charge in [0.15, 0.2) is 0 Å². The Morgan fingerprint density at radius 2 is 2.07 bits per heavy atom. The number of allylic oxidation sites excluding steroid dienone is 4. The topological polar surface area (TPSA) is 26.0 Å². The smallest absolute Gasteiger partial charge is 0.0372 e. The molecule has 0 bridgehead atoms. The Morgan fingerprint density at radius 3 is 2.79 bits per heavy atom. The summed E-state index contributed by atoms with van der Waals surface area (Å²) in [6.45, 7) is 0. The van der Waals surface area contributed by atoms with Crippen LogP contribution in [0.5, 0.6) is 0 Å². The van der Waals surface area contributed by atoms with Crippen LogP contribution in [0.3, 0.4) is 0 Å². The lowest BCUT2D eigenvalue weighted by molar-refractivity contribution is 1.07. The monoisotopic (exact) mass is 181 g/mol. The van der Waals surface area contributed by atoms with E-state index in [2.05, 4.69) is 12.0 Å². The van der Waals surface area contributed by atoms with Gasteiger partial charge in [-0.2, -0.15) is 0 Å². The molecule has 1 atom stereocenters. The van der Waals surface area contributed by atoms with E-state index in [4.69, 9.17) is 12.2 Å². The molecule has 0 spiro atoms. The van der Waals surface area contributed by atoms with Crippen molar-refractivity contribution in [2.45, 2.75) is 5.92 Å². The molecule has 0 saturated carbocycles. The molecular formula is C13H11N. The average molecular weight is 181 g/mol. The Labute approximate surface area is 83.9 Å². The molecule has 1 aliphatic rings. The number of terminal acetylenes is 1. The first kappa shape index (κ1) is 8.65. The molecule has 0 saturated heterocycles. The number of hydrogen-bond donors (Lipinski definition) is 1. The van der Waals surface area contributed by atoms with Crippen LogP contribution in [0.4, 0.5) is 5.69 Å². The predicted molar refractivity (Wildman–Crippen MR) is 59.7 cm³/mol. The first-order chi connectivity index (χ1) is 6.83. The Balaban J connectivity index is 2.43. The van der Waals surface area contributed by atoms with Gasteiger partial charge in [-0.05, 0) is 17.7 Å². The Kier molecular flexibility index (Phi) is 2.12. The number of rotatable bonds is 1. The third-order valence-corrected chi connectivity index (χ3v) is 2.41. The molecular weight excluding hydrogens is 170 g/mol. The average Bonchev–Trinajstić information content (AvgIpc) is 2.66. The number of hydrogen-bond acceptors (Lipinski definition) is 1. The summed E-state index contributed by atoms with van der Waals surface area (Å²) < 4.78 is 0. The lowest BCUT2D eigenvalue weighted by Gasteiger charge is -2.12. The Morgan fingerprint density at radius 1 is 1.29 bits per heavy atom. The molecule has 1 nitrogen and oxygen atoms in total. The molecule has 0 aliphatic heterocycles. The third kappa shape index (κ3) is 1.31. The summed E-state index contributed by atoms with van der Waals surface area (Å²) >= 11 is 0. The van der Waals surface area contributed by atoms with Gasteiger partial charge in [-0.3, -0.25) is 0 Å². The minimum Gasteiger partial charge on any atom is -0.398 e. The van der Waals surface area contributed by atoms with E-state index in [0.717, 1.165) is 16.8 Å². The second-order valence-corrected chi connectivity index (χ2v) is 3.26. The van der Waals surface area contributed by atoms with E-state index in [0.29, 0.717) is 0 Å². The first-order valence-electron chi connectivity index (χ1n) is 4.52. The zero-order valence-electron chi connectivity index (χ0n) is 7.77. The van der Waals surface area contributed by atoms with Crippen LogP contribution in [-0.2, 0) is 0 Å². The molecule has 68 valence electrons. The van der Waals surface area contributed by atoms with E-state index >= 15 is 0 Å². The van der Waals surface area contributed by atoms with Crippen molar-refractivity contribution in [1.82, 2.24) is 0 Å². The minimum absolute atomic E-state index is 0.168. The van der Waals surface area contributed by atoms with Gasteiger partial charge in [-0.1, -0.05) is 36.3 Å². The lowest BCUT2D eigenvalue weighted by Crippen LogP contribution is -2.00. The van der Waals surface area contributed by atoms with Gasteiger partial charge in [0.05, 0.1) is 0 Å². The maximum Gasteiger partial charge on any atom is 0.0372 e. The van der Waals surface area contributed by atoms with Crippen molar-refractivity contribution >= 4 is 5.69 Å². The van der Waals surface area contributed by atoms with Gasteiger partial charge in [0, 0.05) is 17.2 Å². The van der Waals surface area contributed by atoms with Gasteiger partial charge < -0.3 is 5.73 Å². The fourth-order valence-electron chi connectivity index (χ4n) is 1.68. The van der Waals surface area contributed by atoms with Gasteiger partial charge in [0.1, 0.15) is 0 Å². The summed E-state index contributed by atoms with van der Waals surface area (Å²) in [4.78, 5) is 0. The maximum atomic E-state index is 5.89. The number of nitrogens with two attached hydrogens (primary N) is 1. The molecule has 1 aliphatic carbocycles. The molecule has 0 aromatic heterocycles. The van der Waals surface area contributed by atoms with Crippen LogP contribution in [0.1, 0.15) is 11.5 Å². The van der Waals surface area contributed by atoms with Crippen molar-refractivity contribution in [1.29, 1.82) is 0 Å². The molecule has 0 heterocycles. The van der Waals surface area contributed by atoms with Crippen molar-refractivity contribution in [3.05, 3.63) is 53.6 Å². The summed E-state index contributed by atoms with van der Waals surface area (Å²) in [5.74, 6) is 2.85. The molecule has 14 heavy (non-hydrogen) atoms. The van der Waals surface area contributed by atoms with E-state index in [9.17, 15) is 0 Å². The SMILES string of the molecule is C#CC1=CC=CC1c1ccccc1N. The lowest BCUT2D eigenvalue weighted by atomic mass is 9.93. The van der Waals surface area contributed by atoms with Gasteiger partial charge in [-0.25, -0.2) is 0 Å². The van der Waals surface area contributed by atoms with Gasteiger partial charge in [-0.15, -0.1) is 6.42 Å². The van der Waals surface area contributed by atoms with E-state index in [-0.39, 0.29) is 5.92 Å². The van der Waals surface area contributed by atoms with Crippen molar-refractivity contribution in [3.63, 3.8) is 0 Å². The summed E-state index contributed by atoms with van der Waals surface area (Å²) in [5.41, 5.74) is 8.75. The zero-order valence-corrected chi connectivity index (χ0v) is 7.77. The van der Waals surface area contributed by atoms with Crippen LogP contribution < -0.4 is 5.73 Å². The number of para-hydroxylation sites is 1. The van der Waals surface area contributed by atoms with Gasteiger partial charge in [0.25, 0.3) is 0 Å². The highest BCUT2D eigenvalue weighted by Gasteiger charge is 2.16. The maximum absolute atomic E-state index is 5.89. The highest BCUT2D eigenvalue weighted by molar-refractivity contribution is 5.57. The standard InChI is InChI=1S/C13H11N/c1-2-10-6-5-8-11(10)12-7-3-4-9-13(12)14/h1,3-9,11H,14H2. The van der Waals surface area contributed by atoms with E-state index in [1.807, 2.05) is 36.4 Å². The highest BCUT2D eigenvalue weighted by atomic mass is 14.6. The number of nitrogen functional groups attached to an aromatic ring is 1. The quantitative estimate of drug-likeness (QED) is 0.522. The molecule has 1 unspecified atom stereocenters.